The molecule has 0 aliphatic rings. The minimum absolute atomic E-state index is 0.0864. The molecule has 2 amide bonds. The number of methoxy groups -OCH3 is 1. The topological polar surface area (TPSA) is 93.7 Å². The van der Waals surface area contributed by atoms with Gasteiger partial charge in [-0.05, 0) is 17.0 Å². The fourth-order valence-corrected chi connectivity index (χ4v) is 2.84. The van der Waals surface area contributed by atoms with Gasteiger partial charge in [0.2, 0.25) is 5.91 Å². The van der Waals surface area contributed by atoms with Crippen molar-refractivity contribution in [2.24, 2.45) is 5.92 Å². The number of alkyl carbamates (subject to hydrolysis) is 1. The van der Waals surface area contributed by atoms with Crippen LogP contribution in [0, 0.1) is 5.92 Å². The summed E-state index contributed by atoms with van der Waals surface area (Å²) in [5.74, 6) is -1.20. The molecule has 2 aromatic rings. The van der Waals surface area contributed by atoms with Crippen LogP contribution in [0.1, 0.15) is 25.0 Å². The molecule has 0 spiro atoms. The molecule has 0 saturated carbocycles. The lowest BCUT2D eigenvalue weighted by molar-refractivity contribution is -0.146. The first-order valence-electron chi connectivity index (χ1n) is 9.80. The number of carbonyl (C=O) groups excluding carboxylic acids is 3. The third-order valence-electron chi connectivity index (χ3n) is 4.52. The van der Waals surface area contributed by atoms with Gasteiger partial charge in [-0.25, -0.2) is 9.59 Å². The van der Waals surface area contributed by atoms with Crippen molar-refractivity contribution in [3.63, 3.8) is 0 Å². The number of rotatable bonds is 9. The molecule has 0 aliphatic heterocycles. The summed E-state index contributed by atoms with van der Waals surface area (Å²) < 4.78 is 10.0. The molecule has 2 atom stereocenters. The van der Waals surface area contributed by atoms with Crippen LogP contribution in [0.3, 0.4) is 0 Å². The second-order valence-electron chi connectivity index (χ2n) is 7.20. The molecule has 2 N–H and O–H groups in total. The van der Waals surface area contributed by atoms with E-state index in [0.717, 1.165) is 11.1 Å². The highest BCUT2D eigenvalue weighted by molar-refractivity contribution is 5.90. The van der Waals surface area contributed by atoms with Crippen LogP contribution in [0.25, 0.3) is 0 Å². The largest absolute Gasteiger partial charge is 0.467 e. The molecule has 160 valence electrons. The van der Waals surface area contributed by atoms with Crippen molar-refractivity contribution in [3.8, 4) is 0 Å². The van der Waals surface area contributed by atoms with Crippen molar-refractivity contribution in [2.75, 3.05) is 7.11 Å². The predicted octanol–water partition coefficient (Wildman–Crippen LogP) is 2.84. The van der Waals surface area contributed by atoms with E-state index in [9.17, 15) is 14.4 Å². The van der Waals surface area contributed by atoms with Gasteiger partial charge in [-0.15, -0.1) is 0 Å². The molecule has 0 fully saturated rings. The lowest BCUT2D eigenvalue weighted by Crippen LogP contribution is -2.54. The zero-order valence-corrected chi connectivity index (χ0v) is 17.5. The molecule has 7 nitrogen and oxygen atoms in total. The molecular formula is C23H28N2O5. The monoisotopic (exact) mass is 412 g/mol. The number of hydrogen-bond acceptors (Lipinski definition) is 5. The summed E-state index contributed by atoms with van der Waals surface area (Å²) in [6.45, 7) is 3.69. The van der Waals surface area contributed by atoms with E-state index < -0.39 is 30.1 Å². The van der Waals surface area contributed by atoms with Crippen LogP contribution in [0.5, 0.6) is 0 Å². The maximum atomic E-state index is 12.9. The Balaban J connectivity index is 2.08. The molecule has 0 aliphatic carbocycles. The standard InChI is InChI=1S/C23H28N2O5/c1-16(2)20(22(27)29-3)25-21(26)19(14-17-10-6-4-7-11-17)24-23(28)30-15-18-12-8-5-9-13-18/h4-13,16,19-20H,14-15H2,1-3H3,(H,24,28)(H,25,26)/t19?,20-/m0/s1. The van der Waals surface area contributed by atoms with Crippen LogP contribution in [-0.2, 0) is 32.1 Å². The van der Waals surface area contributed by atoms with Crippen molar-refractivity contribution < 1.29 is 23.9 Å². The van der Waals surface area contributed by atoms with Crippen molar-refractivity contribution >= 4 is 18.0 Å². The van der Waals surface area contributed by atoms with Gasteiger partial charge in [0, 0.05) is 6.42 Å². The van der Waals surface area contributed by atoms with Gasteiger partial charge in [0.1, 0.15) is 18.7 Å². The van der Waals surface area contributed by atoms with E-state index in [2.05, 4.69) is 10.6 Å². The number of amides is 2. The second-order valence-corrected chi connectivity index (χ2v) is 7.20. The molecule has 2 aromatic carbocycles. The molecule has 30 heavy (non-hydrogen) atoms. The van der Waals surface area contributed by atoms with E-state index in [4.69, 9.17) is 9.47 Å². The zero-order valence-electron chi connectivity index (χ0n) is 17.5. The Labute approximate surface area is 176 Å². The molecule has 0 heterocycles. The van der Waals surface area contributed by atoms with E-state index >= 15 is 0 Å². The average Bonchev–Trinajstić information content (AvgIpc) is 2.76. The van der Waals surface area contributed by atoms with Crippen LogP contribution in [0.2, 0.25) is 0 Å². The first-order valence-corrected chi connectivity index (χ1v) is 9.80. The fourth-order valence-electron chi connectivity index (χ4n) is 2.84. The SMILES string of the molecule is COC(=O)[C@@H](NC(=O)C(Cc1ccccc1)NC(=O)OCc1ccccc1)C(C)C. The fraction of sp³-hybridized carbons (Fsp3) is 0.348. The van der Waals surface area contributed by atoms with Gasteiger partial charge in [0.05, 0.1) is 7.11 Å². The smallest absolute Gasteiger partial charge is 0.408 e. The number of carbonyl (C=O) groups is 3. The van der Waals surface area contributed by atoms with E-state index in [1.807, 2.05) is 60.7 Å². The van der Waals surface area contributed by atoms with Crippen LogP contribution >= 0.6 is 0 Å². The van der Waals surface area contributed by atoms with Crippen LogP contribution in [0.4, 0.5) is 4.79 Å². The van der Waals surface area contributed by atoms with Gasteiger partial charge in [-0.1, -0.05) is 74.5 Å². The Hall–Kier alpha value is -3.35. The summed E-state index contributed by atoms with van der Waals surface area (Å²) in [5.41, 5.74) is 1.70. The van der Waals surface area contributed by atoms with Crippen molar-refractivity contribution in [1.29, 1.82) is 0 Å². The number of esters is 1. The van der Waals surface area contributed by atoms with Crippen molar-refractivity contribution in [2.45, 2.75) is 39.0 Å². The molecule has 7 heteroatoms. The molecule has 0 saturated heterocycles. The van der Waals surface area contributed by atoms with Crippen molar-refractivity contribution in [1.82, 2.24) is 10.6 Å². The van der Waals surface area contributed by atoms with Gasteiger partial charge in [0.25, 0.3) is 0 Å². The number of nitrogens with one attached hydrogen (secondary N) is 2. The maximum Gasteiger partial charge on any atom is 0.408 e. The van der Waals surface area contributed by atoms with E-state index in [0.29, 0.717) is 0 Å². The summed E-state index contributed by atoms with van der Waals surface area (Å²) in [7, 11) is 1.27. The normalized spacial score (nSPS) is 12.5. The Morgan fingerprint density at radius 2 is 1.43 bits per heavy atom. The van der Waals surface area contributed by atoms with Gasteiger partial charge in [-0.2, -0.15) is 0 Å². The van der Waals surface area contributed by atoms with Gasteiger partial charge in [-0.3, -0.25) is 4.79 Å². The first-order chi connectivity index (χ1) is 14.4. The summed E-state index contributed by atoms with van der Waals surface area (Å²) >= 11 is 0. The Morgan fingerprint density at radius 1 is 0.867 bits per heavy atom. The average molecular weight is 412 g/mol. The third kappa shape index (κ3) is 7.24. The van der Waals surface area contributed by atoms with Gasteiger partial charge in [0.15, 0.2) is 0 Å². The molecule has 0 radical (unpaired) electrons. The van der Waals surface area contributed by atoms with E-state index in [1.165, 1.54) is 7.11 Å². The highest BCUT2D eigenvalue weighted by Crippen LogP contribution is 2.08. The summed E-state index contributed by atoms with van der Waals surface area (Å²) in [4.78, 5) is 37.2. The maximum absolute atomic E-state index is 12.9. The third-order valence-corrected chi connectivity index (χ3v) is 4.52. The van der Waals surface area contributed by atoms with E-state index in [-0.39, 0.29) is 18.9 Å². The van der Waals surface area contributed by atoms with Crippen LogP contribution < -0.4 is 10.6 Å². The minimum Gasteiger partial charge on any atom is -0.467 e. The van der Waals surface area contributed by atoms with Gasteiger partial charge >= 0.3 is 12.1 Å². The Bertz CT molecular complexity index is 824. The molecule has 2 rings (SSSR count). The minimum atomic E-state index is -0.915. The summed E-state index contributed by atoms with van der Waals surface area (Å²) in [5, 5.41) is 5.29. The lowest BCUT2D eigenvalue weighted by atomic mass is 10.0. The molecular weight excluding hydrogens is 384 g/mol. The van der Waals surface area contributed by atoms with Crippen molar-refractivity contribution in [3.05, 3.63) is 71.8 Å². The quantitative estimate of drug-likeness (QED) is 0.618. The number of benzene rings is 2. The molecule has 1 unspecified atom stereocenters. The summed E-state index contributed by atoms with van der Waals surface area (Å²) in [6, 6.07) is 16.8. The molecule has 0 aromatic heterocycles. The predicted molar refractivity (Wildman–Crippen MR) is 112 cm³/mol. The highest BCUT2D eigenvalue weighted by atomic mass is 16.5. The zero-order chi connectivity index (χ0) is 21.9. The number of hydrogen-bond donors (Lipinski definition) is 2. The van der Waals surface area contributed by atoms with Gasteiger partial charge < -0.3 is 20.1 Å². The lowest BCUT2D eigenvalue weighted by Gasteiger charge is -2.24. The number of ether oxygens (including phenoxy) is 2. The second kappa shape index (κ2) is 11.6. The first kappa shape index (κ1) is 22.9. The van der Waals surface area contributed by atoms with Crippen LogP contribution in [-0.4, -0.2) is 37.2 Å². The Morgan fingerprint density at radius 3 is 1.97 bits per heavy atom. The Kier molecular flexibility index (Phi) is 8.87. The highest BCUT2D eigenvalue weighted by Gasteiger charge is 2.29. The van der Waals surface area contributed by atoms with Crippen LogP contribution in [0.15, 0.2) is 60.7 Å². The van der Waals surface area contributed by atoms with E-state index in [1.54, 1.807) is 13.8 Å². The molecule has 0 bridgehead atoms. The summed E-state index contributed by atoms with van der Waals surface area (Å²) in [6.07, 6.45) is -0.465.